The Bertz CT molecular complexity index is 213. The Balaban J connectivity index is 2.00. The number of nitrogens with one attached hydrogen (secondary N) is 1. The normalized spacial score (nSPS) is 47.0. The number of morpholine rings is 1. The molecule has 4 unspecified atom stereocenters. The van der Waals surface area contributed by atoms with Gasteiger partial charge < -0.3 is 10.1 Å². The lowest BCUT2D eigenvalue weighted by atomic mass is 9.76. The van der Waals surface area contributed by atoms with Gasteiger partial charge in [-0.15, -0.1) is 0 Å². The maximum Gasteiger partial charge on any atom is 0.0813 e. The maximum absolute atomic E-state index is 6.30. The zero-order valence-electron chi connectivity index (χ0n) is 10.4. The van der Waals surface area contributed by atoms with Crippen LogP contribution >= 0.6 is 0 Å². The van der Waals surface area contributed by atoms with Crippen LogP contribution in [0.5, 0.6) is 0 Å². The number of hydrogen-bond acceptors (Lipinski definition) is 2. The molecular weight excluding hydrogens is 186 g/mol. The fraction of sp³-hybridized carbons (Fsp3) is 1.00. The highest BCUT2D eigenvalue weighted by molar-refractivity contribution is 4.95. The summed E-state index contributed by atoms with van der Waals surface area (Å²) in [6, 6.07) is 0.512. The van der Waals surface area contributed by atoms with Gasteiger partial charge in [-0.05, 0) is 32.6 Å². The van der Waals surface area contributed by atoms with Crippen LogP contribution in [0.1, 0.15) is 52.9 Å². The van der Waals surface area contributed by atoms with Crippen molar-refractivity contribution in [3.63, 3.8) is 0 Å². The summed E-state index contributed by atoms with van der Waals surface area (Å²) in [4.78, 5) is 0. The van der Waals surface area contributed by atoms with Crippen molar-refractivity contribution in [3.8, 4) is 0 Å². The lowest BCUT2D eigenvalue weighted by Gasteiger charge is -2.48. The van der Waals surface area contributed by atoms with Crippen molar-refractivity contribution in [2.24, 2.45) is 5.92 Å². The Labute approximate surface area is 93.8 Å². The summed E-state index contributed by atoms with van der Waals surface area (Å²) in [5, 5.41) is 3.61. The van der Waals surface area contributed by atoms with Gasteiger partial charge in [0, 0.05) is 12.6 Å². The average Bonchev–Trinajstić information content (AvgIpc) is 2.24. The van der Waals surface area contributed by atoms with E-state index < -0.39 is 0 Å². The summed E-state index contributed by atoms with van der Waals surface area (Å²) in [6.07, 6.45) is 6.97. The van der Waals surface area contributed by atoms with Crippen LogP contribution in [-0.2, 0) is 4.74 Å². The van der Waals surface area contributed by atoms with E-state index in [9.17, 15) is 0 Å². The first-order chi connectivity index (χ1) is 7.15. The smallest absolute Gasteiger partial charge is 0.0813 e. The Morgan fingerprint density at radius 2 is 2.20 bits per heavy atom. The molecule has 1 saturated heterocycles. The largest absolute Gasteiger partial charge is 0.369 e. The van der Waals surface area contributed by atoms with Crippen LogP contribution < -0.4 is 5.32 Å². The number of ether oxygens (including phenoxy) is 1. The first kappa shape index (κ1) is 11.4. The molecule has 2 nitrogen and oxygen atoms in total. The molecule has 0 aromatic rings. The van der Waals surface area contributed by atoms with Crippen LogP contribution in [0.25, 0.3) is 0 Å². The van der Waals surface area contributed by atoms with Gasteiger partial charge >= 0.3 is 0 Å². The standard InChI is InChI=1S/C13H25NO/c1-4-12-6-5-7-13(8-12)9-14-10(2)11(3)15-13/h10-12,14H,4-9H2,1-3H3. The Morgan fingerprint density at radius 1 is 1.40 bits per heavy atom. The molecule has 4 atom stereocenters. The van der Waals surface area contributed by atoms with E-state index in [0.717, 1.165) is 12.5 Å². The molecule has 1 saturated carbocycles. The number of hydrogen-bond donors (Lipinski definition) is 1. The Hall–Kier alpha value is -0.0800. The van der Waals surface area contributed by atoms with Gasteiger partial charge in [0.05, 0.1) is 11.7 Å². The third kappa shape index (κ3) is 2.36. The lowest BCUT2D eigenvalue weighted by molar-refractivity contribution is -0.150. The van der Waals surface area contributed by atoms with Gasteiger partial charge in [-0.2, -0.15) is 0 Å². The molecule has 2 rings (SSSR count). The van der Waals surface area contributed by atoms with E-state index in [0.29, 0.717) is 12.1 Å². The fourth-order valence-corrected chi connectivity index (χ4v) is 3.11. The molecule has 0 amide bonds. The van der Waals surface area contributed by atoms with Crippen molar-refractivity contribution in [1.29, 1.82) is 0 Å². The quantitative estimate of drug-likeness (QED) is 0.720. The molecule has 1 N–H and O–H groups in total. The van der Waals surface area contributed by atoms with E-state index >= 15 is 0 Å². The maximum atomic E-state index is 6.30. The minimum atomic E-state index is 0.171. The number of rotatable bonds is 1. The second-order valence-corrected chi connectivity index (χ2v) is 5.55. The summed E-state index contributed by atoms with van der Waals surface area (Å²) >= 11 is 0. The van der Waals surface area contributed by atoms with E-state index in [4.69, 9.17) is 4.74 Å². The molecule has 15 heavy (non-hydrogen) atoms. The van der Waals surface area contributed by atoms with Crippen LogP contribution in [0.3, 0.4) is 0 Å². The molecule has 1 aliphatic heterocycles. The van der Waals surface area contributed by atoms with Crippen LogP contribution in [0.4, 0.5) is 0 Å². The predicted octanol–water partition coefficient (Wildman–Crippen LogP) is 2.72. The second kappa shape index (κ2) is 4.42. The highest BCUT2D eigenvalue weighted by atomic mass is 16.5. The summed E-state index contributed by atoms with van der Waals surface area (Å²) in [7, 11) is 0. The van der Waals surface area contributed by atoms with E-state index in [1.54, 1.807) is 0 Å². The first-order valence-corrected chi connectivity index (χ1v) is 6.56. The Morgan fingerprint density at radius 3 is 2.87 bits per heavy atom. The second-order valence-electron chi connectivity index (χ2n) is 5.55. The van der Waals surface area contributed by atoms with Gasteiger partial charge in [-0.1, -0.05) is 26.2 Å². The minimum absolute atomic E-state index is 0.171. The molecule has 0 aromatic carbocycles. The van der Waals surface area contributed by atoms with E-state index in [-0.39, 0.29) is 5.60 Å². The average molecular weight is 211 g/mol. The molecule has 1 spiro atoms. The molecule has 88 valence electrons. The third-order valence-electron chi connectivity index (χ3n) is 4.37. The molecule has 2 aliphatic rings. The van der Waals surface area contributed by atoms with Crippen molar-refractivity contribution in [1.82, 2.24) is 5.32 Å². The van der Waals surface area contributed by atoms with Gasteiger partial charge in [0.2, 0.25) is 0 Å². The van der Waals surface area contributed by atoms with Crippen molar-refractivity contribution in [2.45, 2.75) is 70.6 Å². The first-order valence-electron chi connectivity index (χ1n) is 6.56. The highest BCUT2D eigenvalue weighted by Crippen LogP contribution is 2.39. The van der Waals surface area contributed by atoms with Gasteiger partial charge in [0.1, 0.15) is 0 Å². The summed E-state index contributed by atoms with van der Waals surface area (Å²) in [5.74, 6) is 0.890. The molecule has 1 aliphatic carbocycles. The van der Waals surface area contributed by atoms with Crippen molar-refractivity contribution in [2.75, 3.05) is 6.54 Å². The van der Waals surface area contributed by atoms with E-state index in [2.05, 4.69) is 26.1 Å². The van der Waals surface area contributed by atoms with Gasteiger partial charge in [0.25, 0.3) is 0 Å². The monoisotopic (exact) mass is 211 g/mol. The SMILES string of the molecule is CCC1CCCC2(CNC(C)C(C)O2)C1. The summed E-state index contributed by atoms with van der Waals surface area (Å²) < 4.78 is 6.30. The van der Waals surface area contributed by atoms with Gasteiger partial charge in [-0.25, -0.2) is 0 Å². The van der Waals surface area contributed by atoms with Crippen molar-refractivity contribution in [3.05, 3.63) is 0 Å². The molecule has 2 heteroatoms. The molecule has 0 bridgehead atoms. The zero-order chi connectivity index (χ0) is 10.9. The van der Waals surface area contributed by atoms with Crippen LogP contribution in [0, 0.1) is 5.92 Å². The predicted molar refractivity (Wildman–Crippen MR) is 63.0 cm³/mol. The third-order valence-corrected chi connectivity index (χ3v) is 4.37. The Kier molecular flexibility index (Phi) is 3.36. The van der Waals surface area contributed by atoms with Crippen LogP contribution in [-0.4, -0.2) is 24.3 Å². The van der Waals surface area contributed by atoms with Crippen molar-refractivity contribution < 1.29 is 4.74 Å². The molecule has 1 heterocycles. The fourth-order valence-electron chi connectivity index (χ4n) is 3.11. The summed E-state index contributed by atoms with van der Waals surface area (Å²) in [5.41, 5.74) is 0.171. The van der Waals surface area contributed by atoms with Crippen molar-refractivity contribution >= 4 is 0 Å². The molecular formula is C13H25NO. The molecule has 0 radical (unpaired) electrons. The van der Waals surface area contributed by atoms with E-state index in [1.807, 2.05) is 0 Å². The molecule has 2 fully saturated rings. The van der Waals surface area contributed by atoms with Gasteiger partial charge in [0.15, 0.2) is 0 Å². The highest BCUT2D eigenvalue weighted by Gasteiger charge is 2.41. The van der Waals surface area contributed by atoms with Crippen LogP contribution in [0.15, 0.2) is 0 Å². The van der Waals surface area contributed by atoms with Gasteiger partial charge in [-0.3, -0.25) is 0 Å². The topological polar surface area (TPSA) is 21.3 Å². The summed E-state index contributed by atoms with van der Waals surface area (Å²) in [6.45, 7) is 7.80. The lowest BCUT2D eigenvalue weighted by Crippen LogP contribution is -2.58. The van der Waals surface area contributed by atoms with E-state index in [1.165, 1.54) is 32.1 Å². The zero-order valence-corrected chi connectivity index (χ0v) is 10.4. The van der Waals surface area contributed by atoms with Crippen LogP contribution in [0.2, 0.25) is 0 Å². The molecule has 0 aromatic heterocycles. The minimum Gasteiger partial charge on any atom is -0.369 e.